The molecule has 4 nitrogen and oxygen atoms in total. The molecule has 0 unspecified atom stereocenters. The first-order chi connectivity index (χ1) is 6.83. The van der Waals surface area contributed by atoms with Crippen LogP contribution in [-0.2, 0) is 4.74 Å². The van der Waals surface area contributed by atoms with Crippen molar-refractivity contribution in [1.82, 2.24) is 10.2 Å². The summed E-state index contributed by atoms with van der Waals surface area (Å²) in [5.41, 5.74) is 0. The van der Waals surface area contributed by atoms with E-state index >= 15 is 0 Å². The SMILES string of the molecule is COC(=O)NCCCCN1CCCC1. The molecule has 0 aromatic heterocycles. The molecule has 1 aliphatic rings. The average molecular weight is 200 g/mol. The van der Waals surface area contributed by atoms with Crippen molar-refractivity contribution in [3.63, 3.8) is 0 Å². The van der Waals surface area contributed by atoms with Gasteiger partial charge in [-0.3, -0.25) is 0 Å². The second-order valence-corrected chi connectivity index (χ2v) is 3.67. The lowest BCUT2D eigenvalue weighted by Gasteiger charge is -2.13. The first-order valence-corrected chi connectivity index (χ1v) is 5.37. The van der Waals surface area contributed by atoms with Gasteiger partial charge in [0.2, 0.25) is 0 Å². The molecule has 1 rings (SSSR count). The molecule has 14 heavy (non-hydrogen) atoms. The zero-order valence-corrected chi connectivity index (χ0v) is 8.92. The van der Waals surface area contributed by atoms with E-state index in [1.54, 1.807) is 0 Å². The summed E-state index contributed by atoms with van der Waals surface area (Å²) in [4.78, 5) is 13.2. The molecule has 0 spiro atoms. The van der Waals surface area contributed by atoms with E-state index in [4.69, 9.17) is 0 Å². The molecular weight excluding hydrogens is 180 g/mol. The third-order valence-electron chi connectivity index (χ3n) is 2.55. The van der Waals surface area contributed by atoms with Crippen molar-refractivity contribution in [2.45, 2.75) is 25.7 Å². The molecule has 1 N–H and O–H groups in total. The van der Waals surface area contributed by atoms with Gasteiger partial charge in [0.1, 0.15) is 0 Å². The van der Waals surface area contributed by atoms with E-state index in [1.165, 1.54) is 39.6 Å². The molecule has 1 aliphatic heterocycles. The Labute approximate surface area is 85.6 Å². The van der Waals surface area contributed by atoms with Gasteiger partial charge in [-0.2, -0.15) is 0 Å². The highest BCUT2D eigenvalue weighted by Gasteiger charge is 2.09. The van der Waals surface area contributed by atoms with Crippen molar-refractivity contribution in [3.05, 3.63) is 0 Å². The second-order valence-electron chi connectivity index (χ2n) is 3.67. The highest BCUT2D eigenvalue weighted by molar-refractivity contribution is 5.66. The normalized spacial score (nSPS) is 16.9. The van der Waals surface area contributed by atoms with E-state index in [-0.39, 0.29) is 6.09 Å². The molecule has 1 fully saturated rings. The molecule has 82 valence electrons. The van der Waals surface area contributed by atoms with Gasteiger partial charge >= 0.3 is 6.09 Å². The number of rotatable bonds is 5. The number of nitrogens with zero attached hydrogens (tertiary/aromatic N) is 1. The van der Waals surface area contributed by atoms with Gasteiger partial charge in [0.05, 0.1) is 7.11 Å². The zero-order valence-electron chi connectivity index (χ0n) is 8.92. The van der Waals surface area contributed by atoms with Crippen LogP contribution in [0.4, 0.5) is 4.79 Å². The predicted octanol–water partition coefficient (Wildman–Crippen LogP) is 1.22. The number of hydrogen-bond acceptors (Lipinski definition) is 3. The molecule has 0 aromatic rings. The van der Waals surface area contributed by atoms with Crippen molar-refractivity contribution in [1.29, 1.82) is 0 Å². The van der Waals surface area contributed by atoms with Gasteiger partial charge in [0.15, 0.2) is 0 Å². The largest absolute Gasteiger partial charge is 0.453 e. The lowest BCUT2D eigenvalue weighted by molar-refractivity contribution is 0.170. The fourth-order valence-electron chi connectivity index (χ4n) is 1.73. The Hall–Kier alpha value is -0.770. The molecule has 0 radical (unpaired) electrons. The van der Waals surface area contributed by atoms with Crippen LogP contribution in [0.1, 0.15) is 25.7 Å². The number of methoxy groups -OCH3 is 1. The third kappa shape index (κ3) is 4.46. The summed E-state index contributed by atoms with van der Waals surface area (Å²) in [6.07, 6.45) is 4.56. The van der Waals surface area contributed by atoms with E-state index in [9.17, 15) is 4.79 Å². The van der Waals surface area contributed by atoms with Gasteiger partial charge < -0.3 is 15.0 Å². The van der Waals surface area contributed by atoms with E-state index in [0.717, 1.165) is 19.4 Å². The Balaban J connectivity index is 1.86. The number of alkyl carbamates (subject to hydrolysis) is 1. The van der Waals surface area contributed by atoms with Gasteiger partial charge in [-0.1, -0.05) is 0 Å². The Bertz CT molecular complexity index is 168. The number of ether oxygens (including phenoxy) is 1. The number of hydrogen-bond donors (Lipinski definition) is 1. The predicted molar refractivity (Wildman–Crippen MR) is 55.3 cm³/mol. The Kier molecular flexibility index (Phi) is 5.37. The molecule has 0 aliphatic carbocycles. The van der Waals surface area contributed by atoms with Crippen LogP contribution in [0.2, 0.25) is 0 Å². The summed E-state index contributed by atoms with van der Waals surface area (Å²) in [6, 6.07) is 0. The summed E-state index contributed by atoms with van der Waals surface area (Å²) in [5, 5.41) is 2.68. The first kappa shape index (κ1) is 11.3. The van der Waals surface area contributed by atoms with Crippen LogP contribution in [0.3, 0.4) is 0 Å². The van der Waals surface area contributed by atoms with E-state index < -0.39 is 0 Å². The van der Waals surface area contributed by atoms with Crippen molar-refractivity contribution in [2.24, 2.45) is 0 Å². The summed E-state index contributed by atoms with van der Waals surface area (Å²) < 4.78 is 4.47. The number of amides is 1. The summed E-state index contributed by atoms with van der Waals surface area (Å²) >= 11 is 0. The molecule has 0 saturated carbocycles. The van der Waals surface area contributed by atoms with Crippen molar-refractivity contribution < 1.29 is 9.53 Å². The van der Waals surface area contributed by atoms with Crippen LogP contribution < -0.4 is 5.32 Å². The lowest BCUT2D eigenvalue weighted by Crippen LogP contribution is -2.25. The van der Waals surface area contributed by atoms with Crippen LogP contribution >= 0.6 is 0 Å². The molecule has 1 saturated heterocycles. The minimum atomic E-state index is -0.328. The van der Waals surface area contributed by atoms with Gasteiger partial charge in [-0.15, -0.1) is 0 Å². The van der Waals surface area contributed by atoms with Gasteiger partial charge in [0, 0.05) is 6.54 Å². The third-order valence-corrected chi connectivity index (χ3v) is 2.55. The zero-order chi connectivity index (χ0) is 10.2. The van der Waals surface area contributed by atoms with Crippen LogP contribution in [0.15, 0.2) is 0 Å². The minimum Gasteiger partial charge on any atom is -0.453 e. The fraction of sp³-hybridized carbons (Fsp3) is 0.900. The standard InChI is InChI=1S/C10H20N2O2/c1-14-10(13)11-6-2-3-7-12-8-4-5-9-12/h2-9H2,1H3,(H,11,13). The van der Waals surface area contributed by atoms with E-state index in [1.807, 2.05) is 0 Å². The Morgan fingerprint density at radius 2 is 2.07 bits per heavy atom. The minimum absolute atomic E-state index is 0.328. The Morgan fingerprint density at radius 1 is 1.36 bits per heavy atom. The maximum atomic E-state index is 10.7. The summed E-state index contributed by atoms with van der Waals surface area (Å²) in [7, 11) is 1.39. The lowest BCUT2D eigenvalue weighted by atomic mass is 10.3. The van der Waals surface area contributed by atoms with Crippen molar-refractivity contribution in [3.8, 4) is 0 Å². The fourth-order valence-corrected chi connectivity index (χ4v) is 1.73. The van der Waals surface area contributed by atoms with Crippen molar-refractivity contribution >= 4 is 6.09 Å². The number of unbranched alkanes of at least 4 members (excludes halogenated alkanes) is 1. The molecule has 1 amide bonds. The molecule has 4 heteroatoms. The maximum absolute atomic E-state index is 10.7. The summed E-state index contributed by atoms with van der Waals surface area (Å²) in [6.45, 7) is 4.40. The topological polar surface area (TPSA) is 41.6 Å². The van der Waals surface area contributed by atoms with Gasteiger partial charge in [-0.05, 0) is 45.3 Å². The maximum Gasteiger partial charge on any atom is 0.406 e. The smallest absolute Gasteiger partial charge is 0.406 e. The number of carbonyl (C=O) groups excluding carboxylic acids is 1. The average Bonchev–Trinajstić information content (AvgIpc) is 2.69. The first-order valence-electron chi connectivity index (χ1n) is 5.37. The highest BCUT2D eigenvalue weighted by atomic mass is 16.5. The summed E-state index contributed by atoms with van der Waals surface area (Å²) in [5.74, 6) is 0. The molecule has 1 heterocycles. The van der Waals surface area contributed by atoms with Crippen LogP contribution in [-0.4, -0.2) is 44.3 Å². The highest BCUT2D eigenvalue weighted by Crippen LogP contribution is 2.07. The second kappa shape index (κ2) is 6.65. The number of carbonyl (C=O) groups is 1. The van der Waals surface area contributed by atoms with E-state index in [0.29, 0.717) is 0 Å². The number of likely N-dealkylation sites (tertiary alicyclic amines) is 1. The molecular formula is C10H20N2O2. The van der Waals surface area contributed by atoms with Crippen LogP contribution in [0.25, 0.3) is 0 Å². The Morgan fingerprint density at radius 3 is 2.71 bits per heavy atom. The van der Waals surface area contributed by atoms with Crippen LogP contribution in [0, 0.1) is 0 Å². The van der Waals surface area contributed by atoms with Gasteiger partial charge in [0.25, 0.3) is 0 Å². The van der Waals surface area contributed by atoms with Crippen molar-refractivity contribution in [2.75, 3.05) is 33.3 Å². The molecule has 0 aromatic carbocycles. The molecule has 0 bridgehead atoms. The van der Waals surface area contributed by atoms with E-state index in [2.05, 4.69) is 15.0 Å². The van der Waals surface area contributed by atoms with Gasteiger partial charge in [-0.25, -0.2) is 4.79 Å². The molecule has 0 atom stereocenters. The van der Waals surface area contributed by atoms with Crippen LogP contribution in [0.5, 0.6) is 0 Å². The quantitative estimate of drug-likeness (QED) is 0.678. The number of nitrogens with one attached hydrogen (secondary N) is 1. The monoisotopic (exact) mass is 200 g/mol.